The number of esters is 1. The highest BCUT2D eigenvalue weighted by molar-refractivity contribution is 5.73. The number of aliphatic hydroxyl groups excluding tert-OH is 3. The van der Waals surface area contributed by atoms with Crippen LogP contribution in [0.5, 0.6) is 0 Å². The van der Waals surface area contributed by atoms with E-state index in [2.05, 4.69) is 0 Å². The molecular formula is C38H72N2O12. The molecule has 1 unspecified atom stereocenters. The summed E-state index contributed by atoms with van der Waals surface area (Å²) in [5, 5.41) is 58.1. The summed E-state index contributed by atoms with van der Waals surface area (Å²) in [5.41, 5.74) is -4.37. The van der Waals surface area contributed by atoms with Gasteiger partial charge in [0.25, 0.3) is 0 Å². The van der Waals surface area contributed by atoms with Crippen LogP contribution in [0.1, 0.15) is 94.9 Å². The Hall–Kier alpha value is -1.01. The predicted molar refractivity (Wildman–Crippen MR) is 194 cm³/mol. The molecule has 5 N–H and O–H groups in total. The summed E-state index contributed by atoms with van der Waals surface area (Å²) in [4.78, 5) is 18.0. The lowest BCUT2D eigenvalue weighted by atomic mass is 9.77. The Bertz CT molecular complexity index is 1140. The highest BCUT2D eigenvalue weighted by Gasteiger charge is 2.52. The lowest BCUT2D eigenvalue weighted by Crippen LogP contribution is -2.60. The number of rotatable bonds is 7. The summed E-state index contributed by atoms with van der Waals surface area (Å²) in [6.45, 7) is 18.0. The van der Waals surface area contributed by atoms with Crippen molar-refractivity contribution < 1.29 is 58.7 Å². The van der Waals surface area contributed by atoms with E-state index in [1.54, 1.807) is 41.5 Å². The number of methoxy groups -OCH3 is 1. The zero-order valence-corrected chi connectivity index (χ0v) is 34.2. The smallest absolute Gasteiger partial charge is 0.311 e. The van der Waals surface area contributed by atoms with Crippen LogP contribution in [0.4, 0.5) is 0 Å². The molecule has 52 heavy (non-hydrogen) atoms. The standard InChI is InChI=1S/C38H72N2O12/c1-15-27-38(10,46)31(42)24(6)40(13)19-20(2)17-36(8,45)33(52-35-29(41)26(39(11)12)16-21(3)48-35)22(4)30(23(5)34(44)50-27)51-28-18-37(9,47-14)32(43)25(7)49-28/h20-33,35,41-43,45-46H,15-19H2,1-14H3/t20-,21-,22+,23-,24-,25+,26+,27-,28+,29-,30+,31-,32+,33-,35?,36-,37-,38-/m1/s1. The number of aliphatic hydroxyl groups is 5. The molecule has 0 saturated carbocycles. The zero-order valence-electron chi connectivity index (χ0n) is 34.2. The number of hydrogen-bond donors (Lipinski definition) is 5. The van der Waals surface area contributed by atoms with Gasteiger partial charge in [-0.25, -0.2) is 0 Å². The van der Waals surface area contributed by atoms with Gasteiger partial charge in [-0.3, -0.25) is 4.79 Å². The predicted octanol–water partition coefficient (Wildman–Crippen LogP) is 1.90. The van der Waals surface area contributed by atoms with Crippen molar-refractivity contribution in [2.45, 2.75) is 185 Å². The highest BCUT2D eigenvalue weighted by Crippen LogP contribution is 2.40. The number of likely N-dealkylation sites (N-methyl/N-ethyl adjacent to an activating group) is 2. The second-order valence-corrected chi connectivity index (χ2v) is 17.2. The third-order valence-corrected chi connectivity index (χ3v) is 12.2. The van der Waals surface area contributed by atoms with Gasteiger partial charge in [0.15, 0.2) is 12.6 Å². The highest BCUT2D eigenvalue weighted by atomic mass is 16.7. The van der Waals surface area contributed by atoms with Gasteiger partial charge in [0, 0.05) is 38.1 Å². The summed E-state index contributed by atoms with van der Waals surface area (Å²) in [6, 6.07) is -0.808. The van der Waals surface area contributed by atoms with E-state index in [9.17, 15) is 30.3 Å². The van der Waals surface area contributed by atoms with E-state index >= 15 is 0 Å². The average Bonchev–Trinajstić information content (AvgIpc) is 3.05. The summed E-state index contributed by atoms with van der Waals surface area (Å²) in [7, 11) is 7.12. The Labute approximate surface area is 312 Å². The largest absolute Gasteiger partial charge is 0.459 e. The minimum atomic E-state index is -1.80. The third kappa shape index (κ3) is 10.0. The minimum absolute atomic E-state index is 0.133. The summed E-state index contributed by atoms with van der Waals surface area (Å²) in [5.74, 6) is -2.58. The maximum absolute atomic E-state index is 14.2. The SMILES string of the molecule is CC[C@H]1OC(=O)[C@H](C)[C@@H](O[C@H]2C[C@@](C)(OC)[C@@H](O)[C@H](C)O2)[C@H](C)[C@@H](OC2O[C@H](C)C[C@H](N(C)C)[C@H]2O)[C@](C)(O)C[C@@H](C)CN(C)[C@H](C)[C@@H](O)[C@]1(C)O. The lowest BCUT2D eigenvalue weighted by molar-refractivity contribution is -0.318. The van der Waals surface area contributed by atoms with Crippen molar-refractivity contribution in [1.29, 1.82) is 0 Å². The molecule has 0 amide bonds. The molecule has 3 aliphatic rings. The summed E-state index contributed by atoms with van der Waals surface area (Å²) < 4.78 is 37.5. The number of cyclic esters (lactones) is 1. The van der Waals surface area contributed by atoms with Gasteiger partial charge in [-0.15, -0.1) is 0 Å². The normalized spacial score (nSPS) is 49.6. The average molecular weight is 749 g/mol. The first-order valence-electron chi connectivity index (χ1n) is 19.1. The van der Waals surface area contributed by atoms with Crippen molar-refractivity contribution in [2.75, 3.05) is 34.8 Å². The Morgan fingerprint density at radius 2 is 1.56 bits per heavy atom. The Morgan fingerprint density at radius 1 is 0.942 bits per heavy atom. The van der Waals surface area contributed by atoms with Gasteiger partial charge < -0.3 is 63.8 Å². The molecule has 3 heterocycles. The minimum Gasteiger partial charge on any atom is -0.459 e. The summed E-state index contributed by atoms with van der Waals surface area (Å²) in [6.07, 6.45) is -8.19. The van der Waals surface area contributed by atoms with E-state index in [0.29, 0.717) is 13.0 Å². The molecule has 0 radical (unpaired) electrons. The molecule has 14 heteroatoms. The van der Waals surface area contributed by atoms with Gasteiger partial charge in [-0.05, 0) is 94.8 Å². The Kier molecular flexibility index (Phi) is 15.6. The van der Waals surface area contributed by atoms with Gasteiger partial charge in [-0.2, -0.15) is 0 Å². The first kappa shape index (κ1) is 45.4. The van der Waals surface area contributed by atoms with Crippen LogP contribution in [-0.2, 0) is 33.2 Å². The van der Waals surface area contributed by atoms with Crippen molar-refractivity contribution in [3.05, 3.63) is 0 Å². The van der Waals surface area contributed by atoms with Crippen LogP contribution in [0.2, 0.25) is 0 Å². The molecule has 0 aromatic heterocycles. The first-order valence-corrected chi connectivity index (χ1v) is 19.1. The molecule has 3 rings (SSSR count). The maximum atomic E-state index is 14.2. The van der Waals surface area contributed by atoms with Crippen LogP contribution in [0, 0.1) is 17.8 Å². The summed E-state index contributed by atoms with van der Waals surface area (Å²) >= 11 is 0. The third-order valence-electron chi connectivity index (χ3n) is 12.2. The van der Waals surface area contributed by atoms with Crippen LogP contribution in [-0.4, -0.2) is 166 Å². The molecule has 0 spiro atoms. The quantitative estimate of drug-likeness (QED) is 0.238. The van der Waals surface area contributed by atoms with Crippen LogP contribution in [0.3, 0.4) is 0 Å². The van der Waals surface area contributed by atoms with Gasteiger partial charge >= 0.3 is 5.97 Å². The fraction of sp³-hybridized carbons (Fsp3) is 0.974. The molecule has 3 fully saturated rings. The van der Waals surface area contributed by atoms with Crippen LogP contribution < -0.4 is 0 Å². The lowest BCUT2D eigenvalue weighted by Gasteiger charge is -2.48. The second kappa shape index (κ2) is 17.8. The van der Waals surface area contributed by atoms with E-state index in [4.69, 9.17) is 28.4 Å². The molecule has 0 aromatic rings. The second-order valence-electron chi connectivity index (χ2n) is 17.2. The number of carbonyl (C=O) groups is 1. The van der Waals surface area contributed by atoms with Crippen LogP contribution >= 0.6 is 0 Å². The van der Waals surface area contributed by atoms with Gasteiger partial charge in [0.2, 0.25) is 0 Å². The molecular weight excluding hydrogens is 676 g/mol. The zero-order chi connectivity index (χ0) is 39.7. The molecule has 3 saturated heterocycles. The van der Waals surface area contributed by atoms with Crippen molar-refractivity contribution in [3.8, 4) is 0 Å². The monoisotopic (exact) mass is 749 g/mol. The fourth-order valence-corrected chi connectivity index (χ4v) is 8.74. The van der Waals surface area contributed by atoms with E-state index in [1.165, 1.54) is 14.0 Å². The van der Waals surface area contributed by atoms with Gasteiger partial charge in [0.1, 0.15) is 30.0 Å². The Morgan fingerprint density at radius 3 is 2.12 bits per heavy atom. The van der Waals surface area contributed by atoms with Gasteiger partial charge in [-0.1, -0.05) is 20.8 Å². The van der Waals surface area contributed by atoms with E-state index in [0.717, 1.165) is 0 Å². The molecule has 14 nitrogen and oxygen atoms in total. The molecule has 3 aliphatic heterocycles. The topological polar surface area (TPSA) is 180 Å². The van der Waals surface area contributed by atoms with Crippen LogP contribution in [0.25, 0.3) is 0 Å². The van der Waals surface area contributed by atoms with Crippen molar-refractivity contribution >= 4 is 5.97 Å². The molecule has 0 bridgehead atoms. The van der Waals surface area contributed by atoms with E-state index in [1.807, 2.05) is 51.7 Å². The van der Waals surface area contributed by atoms with Crippen molar-refractivity contribution in [3.63, 3.8) is 0 Å². The molecule has 0 aliphatic carbocycles. The molecule has 306 valence electrons. The fourth-order valence-electron chi connectivity index (χ4n) is 8.74. The first-order chi connectivity index (χ1) is 23.9. The number of nitrogens with zero attached hydrogens (tertiary/aromatic N) is 2. The van der Waals surface area contributed by atoms with Crippen LogP contribution in [0.15, 0.2) is 0 Å². The van der Waals surface area contributed by atoms with Gasteiger partial charge in [0.05, 0.1) is 41.5 Å². The Balaban J connectivity index is 2.17. The molecule has 0 aromatic carbocycles. The van der Waals surface area contributed by atoms with E-state index in [-0.39, 0.29) is 37.3 Å². The number of carbonyl (C=O) groups excluding carboxylic acids is 1. The van der Waals surface area contributed by atoms with Crippen molar-refractivity contribution in [2.24, 2.45) is 17.8 Å². The maximum Gasteiger partial charge on any atom is 0.311 e. The van der Waals surface area contributed by atoms with E-state index < -0.39 is 96.0 Å². The number of ether oxygens (including phenoxy) is 6. The van der Waals surface area contributed by atoms with Crippen molar-refractivity contribution in [1.82, 2.24) is 9.80 Å². The number of hydrogen-bond acceptors (Lipinski definition) is 14. The molecule has 18 atom stereocenters.